The van der Waals surface area contributed by atoms with Crippen molar-refractivity contribution in [2.75, 3.05) is 6.54 Å². The number of aromatic nitrogens is 2. The SMILES string of the molecule is CCC(C)n1ncc(C(=O)NCC(C(=O)O)c2ccc(F)cc2)c1C1CC1. The van der Waals surface area contributed by atoms with E-state index in [9.17, 15) is 19.1 Å². The highest BCUT2D eigenvalue weighted by Crippen LogP contribution is 2.42. The van der Waals surface area contributed by atoms with Crippen molar-refractivity contribution in [3.8, 4) is 0 Å². The third-order valence-corrected chi connectivity index (χ3v) is 5.09. The summed E-state index contributed by atoms with van der Waals surface area (Å²) in [6, 6.07) is 5.49. The number of nitrogens with zero attached hydrogens (tertiary/aromatic N) is 2. The molecule has 2 aromatic rings. The first-order valence-electron chi connectivity index (χ1n) is 9.26. The van der Waals surface area contributed by atoms with Crippen LogP contribution in [0.4, 0.5) is 4.39 Å². The number of hydrogen-bond donors (Lipinski definition) is 2. The number of hydrogen-bond acceptors (Lipinski definition) is 3. The largest absolute Gasteiger partial charge is 0.481 e. The topological polar surface area (TPSA) is 84.2 Å². The number of carboxylic acids is 1. The van der Waals surface area contributed by atoms with Crippen molar-refractivity contribution in [2.45, 2.75) is 51.0 Å². The average Bonchev–Trinajstić information content (AvgIpc) is 3.40. The molecule has 1 aromatic carbocycles. The summed E-state index contributed by atoms with van der Waals surface area (Å²) in [5.74, 6) is -2.42. The lowest BCUT2D eigenvalue weighted by Crippen LogP contribution is -2.32. The van der Waals surface area contributed by atoms with Crippen LogP contribution in [-0.4, -0.2) is 33.3 Å². The maximum absolute atomic E-state index is 13.1. The van der Waals surface area contributed by atoms with E-state index in [1.807, 2.05) is 4.68 Å². The summed E-state index contributed by atoms with van der Waals surface area (Å²) in [5, 5.41) is 16.6. The summed E-state index contributed by atoms with van der Waals surface area (Å²) < 4.78 is 15.0. The molecule has 1 fully saturated rings. The molecule has 0 bridgehead atoms. The molecule has 1 aliphatic carbocycles. The van der Waals surface area contributed by atoms with Crippen LogP contribution in [0.1, 0.15) is 72.6 Å². The van der Waals surface area contributed by atoms with Crippen LogP contribution in [0.5, 0.6) is 0 Å². The van der Waals surface area contributed by atoms with Crippen LogP contribution < -0.4 is 5.32 Å². The van der Waals surface area contributed by atoms with Gasteiger partial charge in [0.25, 0.3) is 5.91 Å². The third-order valence-electron chi connectivity index (χ3n) is 5.09. The summed E-state index contributed by atoms with van der Waals surface area (Å²) >= 11 is 0. The molecule has 1 aromatic heterocycles. The number of rotatable bonds is 8. The standard InChI is InChI=1S/C20H24FN3O3/c1-3-12(2)24-18(14-4-5-14)17(11-23-24)19(25)22-10-16(20(26)27)13-6-8-15(21)9-7-13/h6-9,11-12,14,16H,3-5,10H2,1-2H3,(H,22,25)(H,26,27). The van der Waals surface area contributed by atoms with Gasteiger partial charge in [-0.3, -0.25) is 14.3 Å². The van der Waals surface area contributed by atoms with Gasteiger partial charge in [-0.05, 0) is 43.9 Å². The van der Waals surface area contributed by atoms with Crippen molar-refractivity contribution in [1.82, 2.24) is 15.1 Å². The average molecular weight is 373 g/mol. The first-order valence-corrected chi connectivity index (χ1v) is 9.26. The van der Waals surface area contributed by atoms with E-state index in [2.05, 4.69) is 24.3 Å². The Morgan fingerprint density at radius 3 is 2.56 bits per heavy atom. The number of carbonyl (C=O) groups excluding carboxylic acids is 1. The van der Waals surface area contributed by atoms with E-state index in [4.69, 9.17) is 0 Å². The van der Waals surface area contributed by atoms with E-state index in [0.29, 0.717) is 17.0 Å². The Morgan fingerprint density at radius 2 is 2.00 bits per heavy atom. The summed E-state index contributed by atoms with van der Waals surface area (Å²) in [5.41, 5.74) is 1.90. The van der Waals surface area contributed by atoms with Gasteiger partial charge in [0.15, 0.2) is 0 Å². The second kappa shape index (κ2) is 7.90. The lowest BCUT2D eigenvalue weighted by atomic mass is 9.99. The van der Waals surface area contributed by atoms with Gasteiger partial charge >= 0.3 is 5.97 Å². The molecule has 1 aliphatic rings. The second-order valence-electron chi connectivity index (χ2n) is 7.07. The number of halogens is 1. The number of carboxylic acid groups (broad SMARTS) is 1. The quantitative estimate of drug-likeness (QED) is 0.742. The molecule has 0 saturated heterocycles. The van der Waals surface area contributed by atoms with Gasteiger partial charge in [0, 0.05) is 18.5 Å². The Balaban J connectivity index is 1.76. The first kappa shape index (κ1) is 19.1. The molecule has 1 amide bonds. The molecule has 7 heteroatoms. The smallest absolute Gasteiger partial charge is 0.312 e. The zero-order valence-electron chi connectivity index (χ0n) is 15.5. The maximum Gasteiger partial charge on any atom is 0.312 e. The summed E-state index contributed by atoms with van der Waals surface area (Å²) in [4.78, 5) is 24.3. The normalized spacial score (nSPS) is 16.0. The molecule has 3 rings (SSSR count). The van der Waals surface area contributed by atoms with Gasteiger partial charge in [-0.1, -0.05) is 19.1 Å². The Kier molecular flexibility index (Phi) is 5.58. The Morgan fingerprint density at radius 1 is 1.33 bits per heavy atom. The fraction of sp³-hybridized carbons (Fsp3) is 0.450. The molecule has 0 aliphatic heterocycles. The molecule has 0 radical (unpaired) electrons. The van der Waals surface area contributed by atoms with E-state index >= 15 is 0 Å². The molecule has 144 valence electrons. The molecular formula is C20H24FN3O3. The minimum absolute atomic E-state index is 0.0710. The van der Waals surface area contributed by atoms with Gasteiger partial charge in [0.1, 0.15) is 5.82 Å². The van der Waals surface area contributed by atoms with Crippen molar-refractivity contribution in [3.63, 3.8) is 0 Å². The lowest BCUT2D eigenvalue weighted by molar-refractivity contribution is -0.138. The minimum Gasteiger partial charge on any atom is -0.481 e. The monoisotopic (exact) mass is 373 g/mol. The fourth-order valence-corrected chi connectivity index (χ4v) is 3.17. The number of aliphatic carboxylic acids is 1. The van der Waals surface area contributed by atoms with Crippen LogP contribution in [0.25, 0.3) is 0 Å². The third kappa shape index (κ3) is 4.18. The molecule has 1 saturated carbocycles. The molecule has 27 heavy (non-hydrogen) atoms. The highest BCUT2D eigenvalue weighted by Gasteiger charge is 2.33. The number of amides is 1. The Bertz CT molecular complexity index is 827. The van der Waals surface area contributed by atoms with Gasteiger partial charge in [0.05, 0.1) is 23.4 Å². The van der Waals surface area contributed by atoms with Gasteiger partial charge < -0.3 is 10.4 Å². The van der Waals surface area contributed by atoms with E-state index in [0.717, 1.165) is 25.0 Å². The van der Waals surface area contributed by atoms with E-state index in [-0.39, 0.29) is 18.5 Å². The molecule has 0 spiro atoms. The number of benzene rings is 1. The van der Waals surface area contributed by atoms with Gasteiger partial charge in [-0.15, -0.1) is 0 Å². The predicted octanol–water partition coefficient (Wildman–Crippen LogP) is 3.47. The van der Waals surface area contributed by atoms with Gasteiger partial charge in [-0.2, -0.15) is 5.10 Å². The first-order chi connectivity index (χ1) is 12.9. The van der Waals surface area contributed by atoms with E-state index < -0.39 is 17.7 Å². The van der Waals surface area contributed by atoms with Crippen molar-refractivity contribution in [2.24, 2.45) is 0 Å². The van der Waals surface area contributed by atoms with Crippen LogP contribution in [0, 0.1) is 5.82 Å². The van der Waals surface area contributed by atoms with Crippen molar-refractivity contribution < 1.29 is 19.1 Å². The summed E-state index contributed by atoms with van der Waals surface area (Å²) in [6.45, 7) is 4.07. The predicted molar refractivity (Wildman–Crippen MR) is 98.3 cm³/mol. The van der Waals surface area contributed by atoms with Crippen LogP contribution in [0.2, 0.25) is 0 Å². The van der Waals surface area contributed by atoms with Gasteiger partial charge in [-0.25, -0.2) is 4.39 Å². The van der Waals surface area contributed by atoms with E-state index in [1.54, 1.807) is 6.20 Å². The Labute approximate surface area is 157 Å². The summed E-state index contributed by atoms with van der Waals surface area (Å²) in [7, 11) is 0. The highest BCUT2D eigenvalue weighted by atomic mass is 19.1. The molecule has 2 unspecified atom stereocenters. The fourth-order valence-electron chi connectivity index (χ4n) is 3.17. The lowest BCUT2D eigenvalue weighted by Gasteiger charge is -2.16. The van der Waals surface area contributed by atoms with Crippen molar-refractivity contribution >= 4 is 11.9 Å². The second-order valence-corrected chi connectivity index (χ2v) is 7.07. The molecular weight excluding hydrogens is 349 g/mol. The zero-order chi connectivity index (χ0) is 19.6. The van der Waals surface area contributed by atoms with Crippen LogP contribution >= 0.6 is 0 Å². The maximum atomic E-state index is 13.1. The molecule has 1 heterocycles. The van der Waals surface area contributed by atoms with Crippen molar-refractivity contribution in [1.29, 1.82) is 0 Å². The molecule has 2 N–H and O–H groups in total. The van der Waals surface area contributed by atoms with Crippen LogP contribution in [-0.2, 0) is 4.79 Å². The molecule has 2 atom stereocenters. The Hall–Kier alpha value is -2.70. The highest BCUT2D eigenvalue weighted by molar-refractivity contribution is 5.95. The minimum atomic E-state index is -1.07. The van der Waals surface area contributed by atoms with E-state index in [1.165, 1.54) is 24.3 Å². The van der Waals surface area contributed by atoms with Crippen LogP contribution in [0.15, 0.2) is 30.5 Å². The number of carbonyl (C=O) groups is 2. The zero-order valence-corrected chi connectivity index (χ0v) is 15.5. The van der Waals surface area contributed by atoms with Gasteiger partial charge in [0.2, 0.25) is 0 Å². The number of nitrogens with one attached hydrogen (secondary N) is 1. The summed E-state index contributed by atoms with van der Waals surface area (Å²) in [6.07, 6.45) is 4.56. The van der Waals surface area contributed by atoms with Crippen molar-refractivity contribution in [3.05, 3.63) is 53.1 Å². The van der Waals surface area contributed by atoms with Crippen LogP contribution in [0.3, 0.4) is 0 Å². The molecule has 6 nitrogen and oxygen atoms in total.